The van der Waals surface area contributed by atoms with Crippen molar-refractivity contribution in [2.75, 3.05) is 20.3 Å². The highest BCUT2D eigenvalue weighted by Crippen LogP contribution is 2.27. The van der Waals surface area contributed by atoms with Crippen molar-refractivity contribution in [3.05, 3.63) is 40.3 Å². The van der Waals surface area contributed by atoms with Gasteiger partial charge >= 0.3 is 5.97 Å². The number of nitrogens with zero attached hydrogens (tertiary/aromatic N) is 4. The molecule has 0 N–H and O–H groups in total. The molecule has 2 rings (SSSR count). The Balaban J connectivity index is 2.32. The van der Waals surface area contributed by atoms with E-state index in [9.17, 15) is 9.59 Å². The summed E-state index contributed by atoms with van der Waals surface area (Å²) in [4.78, 5) is 28.9. The molecule has 8 heteroatoms. The van der Waals surface area contributed by atoms with Crippen LogP contribution in [0.2, 0.25) is 0 Å². The third-order valence-corrected chi connectivity index (χ3v) is 3.69. The molecule has 0 aromatic heterocycles. The number of carbonyl (C=O) groups is 2. The molecule has 1 aliphatic heterocycles. The number of carbonyl (C=O) groups excluding carboxylic acids is 2. The molecule has 1 aromatic rings. The van der Waals surface area contributed by atoms with Crippen molar-refractivity contribution in [3.8, 4) is 0 Å². The predicted molar refractivity (Wildman–Crippen MR) is 82.1 cm³/mol. The van der Waals surface area contributed by atoms with E-state index in [2.05, 4.69) is 10.0 Å². The number of ether oxygens (including phenoxy) is 2. The first-order chi connectivity index (χ1) is 11.1. The molecule has 1 saturated heterocycles. The summed E-state index contributed by atoms with van der Waals surface area (Å²) >= 11 is 0. The molecule has 2 atom stereocenters. The lowest BCUT2D eigenvalue weighted by Crippen LogP contribution is -2.41. The van der Waals surface area contributed by atoms with Gasteiger partial charge in [0.2, 0.25) is 0 Å². The third kappa shape index (κ3) is 3.61. The van der Waals surface area contributed by atoms with Crippen molar-refractivity contribution in [1.82, 2.24) is 4.90 Å². The molecule has 0 unspecified atom stereocenters. The molecule has 1 fully saturated rings. The van der Waals surface area contributed by atoms with Crippen LogP contribution in [0, 0.1) is 0 Å². The van der Waals surface area contributed by atoms with E-state index in [0.717, 1.165) is 0 Å². The van der Waals surface area contributed by atoms with Crippen LogP contribution in [0.15, 0.2) is 29.4 Å². The molecule has 122 valence electrons. The highest BCUT2D eigenvalue weighted by Gasteiger charge is 2.41. The van der Waals surface area contributed by atoms with E-state index >= 15 is 0 Å². The first-order valence-electron chi connectivity index (χ1n) is 7.26. The fourth-order valence-corrected chi connectivity index (χ4v) is 2.68. The van der Waals surface area contributed by atoms with Crippen molar-refractivity contribution >= 4 is 17.6 Å². The van der Waals surface area contributed by atoms with Crippen LogP contribution < -0.4 is 0 Å². The first kappa shape index (κ1) is 16.8. The van der Waals surface area contributed by atoms with Crippen LogP contribution in [-0.2, 0) is 14.3 Å². The molecular formula is C15H18N4O4. The summed E-state index contributed by atoms with van der Waals surface area (Å²) in [6, 6.07) is 5.76. The molecule has 0 aliphatic carbocycles. The summed E-state index contributed by atoms with van der Waals surface area (Å²) in [7, 11) is 1.28. The van der Waals surface area contributed by atoms with E-state index in [1.807, 2.05) is 6.92 Å². The van der Waals surface area contributed by atoms with Gasteiger partial charge in [0.15, 0.2) is 0 Å². The van der Waals surface area contributed by atoms with Crippen LogP contribution in [-0.4, -0.2) is 49.2 Å². The van der Waals surface area contributed by atoms with Crippen molar-refractivity contribution in [3.63, 3.8) is 0 Å². The molecule has 0 spiro atoms. The number of amides is 1. The van der Waals surface area contributed by atoms with Gasteiger partial charge in [0.1, 0.15) is 6.04 Å². The van der Waals surface area contributed by atoms with Gasteiger partial charge in [-0.3, -0.25) is 4.79 Å². The van der Waals surface area contributed by atoms with E-state index in [1.54, 1.807) is 24.3 Å². The lowest BCUT2D eigenvalue weighted by atomic mass is 10.1. The van der Waals surface area contributed by atoms with E-state index in [-0.39, 0.29) is 29.8 Å². The van der Waals surface area contributed by atoms with Crippen molar-refractivity contribution < 1.29 is 19.1 Å². The van der Waals surface area contributed by atoms with Gasteiger partial charge in [-0.25, -0.2) is 4.79 Å². The summed E-state index contributed by atoms with van der Waals surface area (Å²) in [5, 5.41) is 3.53. The summed E-state index contributed by atoms with van der Waals surface area (Å²) in [6.45, 7) is 2.64. The molecule has 1 aliphatic rings. The number of azide groups is 1. The Bertz CT molecular complexity index is 642. The Labute approximate surface area is 133 Å². The van der Waals surface area contributed by atoms with Crippen LogP contribution in [0.3, 0.4) is 0 Å². The van der Waals surface area contributed by atoms with Gasteiger partial charge in [-0.2, -0.15) is 0 Å². The molecule has 0 radical (unpaired) electrons. The quantitative estimate of drug-likeness (QED) is 0.360. The third-order valence-electron chi connectivity index (χ3n) is 3.69. The first-order valence-corrected chi connectivity index (χ1v) is 7.26. The monoisotopic (exact) mass is 318 g/mol. The Hall–Kier alpha value is -2.57. The van der Waals surface area contributed by atoms with Crippen molar-refractivity contribution in [2.45, 2.75) is 25.5 Å². The molecular weight excluding hydrogens is 300 g/mol. The Kier molecular flexibility index (Phi) is 5.56. The van der Waals surface area contributed by atoms with Crippen LogP contribution in [0.25, 0.3) is 10.4 Å². The molecule has 0 saturated carbocycles. The minimum absolute atomic E-state index is 0.223. The number of benzene rings is 1. The van der Waals surface area contributed by atoms with E-state index in [0.29, 0.717) is 13.0 Å². The maximum Gasteiger partial charge on any atom is 0.328 e. The second kappa shape index (κ2) is 7.62. The summed E-state index contributed by atoms with van der Waals surface area (Å²) in [5.41, 5.74) is 9.09. The standard InChI is InChI=1S/C15H18N4O4/c1-3-23-10-8-13(15(21)22-2)19(9-10)14(20)11-6-4-5-7-12(11)17-18-16/h4-7,10,13H,3,8-9H2,1-2H3/t10-,13+/m1/s1. The van der Waals surface area contributed by atoms with Crippen LogP contribution >= 0.6 is 0 Å². The number of esters is 1. The summed E-state index contributed by atoms with van der Waals surface area (Å²) < 4.78 is 10.3. The largest absolute Gasteiger partial charge is 0.467 e. The van der Waals surface area contributed by atoms with Gasteiger partial charge in [0.05, 0.1) is 18.9 Å². The van der Waals surface area contributed by atoms with Gasteiger partial charge in [-0.05, 0) is 18.5 Å². The average Bonchev–Trinajstić information content (AvgIpc) is 2.98. The maximum absolute atomic E-state index is 12.8. The Morgan fingerprint density at radius 1 is 1.43 bits per heavy atom. The second-order valence-electron chi connectivity index (χ2n) is 5.02. The lowest BCUT2D eigenvalue weighted by Gasteiger charge is -2.23. The smallest absolute Gasteiger partial charge is 0.328 e. The fourth-order valence-electron chi connectivity index (χ4n) is 2.68. The molecule has 0 bridgehead atoms. The van der Waals surface area contributed by atoms with Crippen LogP contribution in [0.4, 0.5) is 5.69 Å². The molecule has 1 heterocycles. The highest BCUT2D eigenvalue weighted by atomic mass is 16.5. The fraction of sp³-hybridized carbons (Fsp3) is 0.467. The maximum atomic E-state index is 12.8. The lowest BCUT2D eigenvalue weighted by molar-refractivity contribution is -0.145. The topological polar surface area (TPSA) is 105 Å². The number of likely N-dealkylation sites (tertiary alicyclic amines) is 1. The second-order valence-corrected chi connectivity index (χ2v) is 5.02. The normalized spacial score (nSPS) is 20.0. The van der Waals surface area contributed by atoms with E-state index < -0.39 is 12.0 Å². The number of hydrogen-bond acceptors (Lipinski definition) is 5. The van der Waals surface area contributed by atoms with Crippen molar-refractivity contribution in [1.29, 1.82) is 0 Å². The predicted octanol–water partition coefficient (Wildman–Crippen LogP) is 2.42. The SMILES string of the molecule is CCO[C@@H]1C[C@@H](C(=O)OC)N(C(=O)c2ccccc2N=[N+]=[N-])C1. The minimum Gasteiger partial charge on any atom is -0.467 e. The zero-order valence-corrected chi connectivity index (χ0v) is 13.0. The number of hydrogen-bond donors (Lipinski definition) is 0. The molecule has 23 heavy (non-hydrogen) atoms. The van der Waals surface area contributed by atoms with Gasteiger partial charge in [0, 0.05) is 30.0 Å². The van der Waals surface area contributed by atoms with Gasteiger partial charge in [0.25, 0.3) is 5.91 Å². The molecule has 8 nitrogen and oxygen atoms in total. The Morgan fingerprint density at radius 3 is 2.83 bits per heavy atom. The van der Waals surface area contributed by atoms with Gasteiger partial charge in [-0.1, -0.05) is 23.3 Å². The number of methoxy groups -OCH3 is 1. The van der Waals surface area contributed by atoms with Gasteiger partial charge in [-0.15, -0.1) is 0 Å². The number of rotatable bonds is 5. The molecule has 1 aromatic carbocycles. The van der Waals surface area contributed by atoms with E-state index in [1.165, 1.54) is 12.0 Å². The zero-order valence-electron chi connectivity index (χ0n) is 13.0. The Morgan fingerprint density at radius 2 is 2.17 bits per heavy atom. The van der Waals surface area contributed by atoms with E-state index in [4.69, 9.17) is 15.0 Å². The van der Waals surface area contributed by atoms with Gasteiger partial charge < -0.3 is 14.4 Å². The van der Waals surface area contributed by atoms with Crippen molar-refractivity contribution in [2.24, 2.45) is 5.11 Å². The summed E-state index contributed by atoms with van der Waals surface area (Å²) in [5.74, 6) is -0.868. The average molecular weight is 318 g/mol. The summed E-state index contributed by atoms with van der Waals surface area (Å²) in [6.07, 6.45) is 0.162. The minimum atomic E-state index is -0.705. The highest BCUT2D eigenvalue weighted by molar-refractivity contribution is 6.01. The zero-order chi connectivity index (χ0) is 16.8. The van der Waals surface area contributed by atoms with Crippen LogP contribution in [0.5, 0.6) is 0 Å². The van der Waals surface area contributed by atoms with Crippen LogP contribution in [0.1, 0.15) is 23.7 Å². The molecule has 1 amide bonds.